The zero-order valence-electron chi connectivity index (χ0n) is 10.4. The summed E-state index contributed by atoms with van der Waals surface area (Å²) in [6.07, 6.45) is 0.881. The van der Waals surface area contributed by atoms with Crippen LogP contribution in [0.1, 0.15) is 13.3 Å². The zero-order valence-corrected chi connectivity index (χ0v) is 10.4. The smallest absolute Gasteiger partial charge is 0.321 e. The van der Waals surface area contributed by atoms with Gasteiger partial charge in [0.1, 0.15) is 5.82 Å². The van der Waals surface area contributed by atoms with Gasteiger partial charge in [0.25, 0.3) is 0 Å². The van der Waals surface area contributed by atoms with Gasteiger partial charge in [0.15, 0.2) is 0 Å². The van der Waals surface area contributed by atoms with Crippen LogP contribution in [0.25, 0.3) is 0 Å². The Labute approximate surface area is 106 Å². The van der Waals surface area contributed by atoms with Gasteiger partial charge in [0.05, 0.1) is 5.69 Å². The normalized spacial score (nSPS) is 23.8. The van der Waals surface area contributed by atoms with E-state index >= 15 is 0 Å². The number of likely N-dealkylation sites (tertiary alicyclic amines) is 1. The minimum atomic E-state index is -0.430. The lowest BCUT2D eigenvalue weighted by atomic mass is 9.94. The number of halogens is 1. The average Bonchev–Trinajstić information content (AvgIpc) is 2.35. The molecule has 3 N–H and O–H groups in total. The van der Waals surface area contributed by atoms with Crippen molar-refractivity contribution < 1.29 is 9.18 Å². The Morgan fingerprint density at radius 3 is 2.89 bits per heavy atom. The molecule has 1 aromatic carbocycles. The molecule has 2 unspecified atom stereocenters. The number of nitrogens with two attached hydrogens (primary N) is 1. The average molecular weight is 251 g/mol. The number of rotatable bonds is 1. The van der Waals surface area contributed by atoms with E-state index in [4.69, 9.17) is 5.73 Å². The van der Waals surface area contributed by atoms with Gasteiger partial charge in [0, 0.05) is 19.1 Å². The Hall–Kier alpha value is -1.62. The van der Waals surface area contributed by atoms with E-state index in [1.165, 1.54) is 6.07 Å². The lowest BCUT2D eigenvalue weighted by Gasteiger charge is -2.34. The van der Waals surface area contributed by atoms with Crippen molar-refractivity contribution in [1.29, 1.82) is 0 Å². The molecule has 1 fully saturated rings. The minimum Gasteiger partial charge on any atom is -0.326 e. The highest BCUT2D eigenvalue weighted by molar-refractivity contribution is 5.89. The third kappa shape index (κ3) is 2.79. The van der Waals surface area contributed by atoms with E-state index in [0.717, 1.165) is 6.42 Å². The monoisotopic (exact) mass is 251 g/mol. The number of carbonyl (C=O) groups excluding carboxylic acids is 1. The summed E-state index contributed by atoms with van der Waals surface area (Å²) in [5, 5.41) is 2.57. The first kappa shape index (κ1) is 12.8. The maximum absolute atomic E-state index is 13.4. The van der Waals surface area contributed by atoms with E-state index in [0.29, 0.717) is 19.0 Å². The van der Waals surface area contributed by atoms with Crippen LogP contribution in [0.5, 0.6) is 0 Å². The highest BCUT2D eigenvalue weighted by Crippen LogP contribution is 2.18. The second kappa shape index (κ2) is 5.35. The molecule has 0 aliphatic carbocycles. The fraction of sp³-hybridized carbons (Fsp3) is 0.462. The number of carbonyl (C=O) groups is 1. The van der Waals surface area contributed by atoms with Crippen LogP contribution in [0.4, 0.5) is 14.9 Å². The number of para-hydroxylation sites is 1. The summed E-state index contributed by atoms with van der Waals surface area (Å²) >= 11 is 0. The second-order valence-corrected chi connectivity index (χ2v) is 4.79. The lowest BCUT2D eigenvalue weighted by Crippen LogP contribution is -2.51. The Bertz CT molecular complexity index is 438. The summed E-state index contributed by atoms with van der Waals surface area (Å²) in [4.78, 5) is 13.6. The highest BCUT2D eigenvalue weighted by atomic mass is 19.1. The fourth-order valence-corrected chi connectivity index (χ4v) is 2.04. The van der Waals surface area contributed by atoms with E-state index in [9.17, 15) is 9.18 Å². The van der Waals surface area contributed by atoms with Crippen molar-refractivity contribution in [3.05, 3.63) is 30.1 Å². The number of anilines is 1. The zero-order chi connectivity index (χ0) is 13.1. The van der Waals surface area contributed by atoms with Crippen LogP contribution >= 0.6 is 0 Å². The Morgan fingerprint density at radius 1 is 1.50 bits per heavy atom. The van der Waals surface area contributed by atoms with Gasteiger partial charge in [-0.15, -0.1) is 0 Å². The van der Waals surface area contributed by atoms with Gasteiger partial charge in [-0.25, -0.2) is 9.18 Å². The molecular weight excluding hydrogens is 233 g/mol. The van der Waals surface area contributed by atoms with Gasteiger partial charge in [-0.2, -0.15) is 0 Å². The van der Waals surface area contributed by atoms with Crippen molar-refractivity contribution in [1.82, 2.24) is 4.90 Å². The van der Waals surface area contributed by atoms with Crippen LogP contribution in [-0.4, -0.2) is 30.1 Å². The molecule has 1 aliphatic rings. The predicted molar refractivity (Wildman–Crippen MR) is 68.7 cm³/mol. The van der Waals surface area contributed by atoms with Gasteiger partial charge < -0.3 is 16.0 Å². The lowest BCUT2D eigenvalue weighted by molar-refractivity contribution is 0.174. The summed E-state index contributed by atoms with van der Waals surface area (Å²) < 4.78 is 13.4. The van der Waals surface area contributed by atoms with Gasteiger partial charge in [-0.05, 0) is 24.5 Å². The summed E-state index contributed by atoms with van der Waals surface area (Å²) in [6, 6.07) is 5.83. The van der Waals surface area contributed by atoms with E-state index in [1.54, 1.807) is 23.1 Å². The molecule has 2 rings (SSSR count). The number of nitrogens with one attached hydrogen (secondary N) is 1. The molecule has 1 aromatic rings. The van der Waals surface area contributed by atoms with Gasteiger partial charge in [-0.3, -0.25) is 0 Å². The van der Waals surface area contributed by atoms with E-state index in [-0.39, 0.29) is 17.8 Å². The quantitative estimate of drug-likeness (QED) is 0.802. The van der Waals surface area contributed by atoms with Crippen LogP contribution in [0, 0.1) is 11.7 Å². The Kier molecular flexibility index (Phi) is 3.81. The Balaban J connectivity index is 1.99. The molecular formula is C13H18FN3O. The first-order valence-corrected chi connectivity index (χ1v) is 6.14. The molecule has 0 radical (unpaired) electrons. The molecule has 2 atom stereocenters. The van der Waals surface area contributed by atoms with E-state index < -0.39 is 5.82 Å². The molecule has 0 saturated carbocycles. The summed E-state index contributed by atoms with van der Waals surface area (Å²) in [7, 11) is 0. The van der Waals surface area contributed by atoms with Gasteiger partial charge in [-0.1, -0.05) is 19.1 Å². The maximum Gasteiger partial charge on any atom is 0.321 e. The van der Waals surface area contributed by atoms with Crippen molar-refractivity contribution in [2.75, 3.05) is 18.4 Å². The third-order valence-corrected chi connectivity index (χ3v) is 3.42. The summed E-state index contributed by atoms with van der Waals surface area (Å²) in [5.41, 5.74) is 6.14. The molecule has 1 heterocycles. The van der Waals surface area contributed by atoms with E-state index in [2.05, 4.69) is 12.2 Å². The minimum absolute atomic E-state index is 0.00915. The van der Waals surface area contributed by atoms with Gasteiger partial charge in [0.2, 0.25) is 0 Å². The number of benzene rings is 1. The topological polar surface area (TPSA) is 58.4 Å². The molecule has 4 nitrogen and oxygen atoms in total. The molecule has 2 amide bonds. The first-order chi connectivity index (χ1) is 8.58. The van der Waals surface area contributed by atoms with Crippen molar-refractivity contribution in [2.24, 2.45) is 11.7 Å². The van der Waals surface area contributed by atoms with Crippen LogP contribution in [0.3, 0.4) is 0 Å². The molecule has 0 aromatic heterocycles. The van der Waals surface area contributed by atoms with Crippen LogP contribution in [-0.2, 0) is 0 Å². The SMILES string of the molecule is CC1CCN(C(=O)Nc2ccccc2F)CC1N. The first-order valence-electron chi connectivity index (χ1n) is 6.14. The molecule has 0 bridgehead atoms. The third-order valence-electron chi connectivity index (χ3n) is 3.42. The molecule has 1 aliphatic heterocycles. The fourth-order valence-electron chi connectivity index (χ4n) is 2.04. The summed E-state index contributed by atoms with van der Waals surface area (Å²) in [5.74, 6) is -0.0111. The van der Waals surface area contributed by atoms with Crippen LogP contribution < -0.4 is 11.1 Å². The largest absolute Gasteiger partial charge is 0.326 e. The van der Waals surface area contributed by atoms with Crippen LogP contribution in [0.2, 0.25) is 0 Å². The van der Waals surface area contributed by atoms with Crippen molar-refractivity contribution in [3.8, 4) is 0 Å². The van der Waals surface area contributed by atoms with Gasteiger partial charge >= 0.3 is 6.03 Å². The highest BCUT2D eigenvalue weighted by Gasteiger charge is 2.26. The number of hydrogen-bond donors (Lipinski definition) is 2. The second-order valence-electron chi connectivity index (χ2n) is 4.79. The van der Waals surface area contributed by atoms with E-state index in [1.807, 2.05) is 0 Å². The Morgan fingerprint density at radius 2 is 2.22 bits per heavy atom. The molecule has 18 heavy (non-hydrogen) atoms. The number of urea groups is 1. The van der Waals surface area contributed by atoms with Crippen molar-refractivity contribution in [3.63, 3.8) is 0 Å². The molecule has 5 heteroatoms. The van der Waals surface area contributed by atoms with Crippen molar-refractivity contribution in [2.45, 2.75) is 19.4 Å². The number of hydrogen-bond acceptors (Lipinski definition) is 2. The van der Waals surface area contributed by atoms with Crippen LogP contribution in [0.15, 0.2) is 24.3 Å². The summed E-state index contributed by atoms with van der Waals surface area (Å²) in [6.45, 7) is 3.26. The molecule has 0 spiro atoms. The number of nitrogens with zero attached hydrogens (tertiary/aromatic N) is 1. The molecule has 1 saturated heterocycles. The predicted octanol–water partition coefficient (Wildman–Crippen LogP) is 2.03. The number of piperidine rings is 1. The maximum atomic E-state index is 13.4. The standard InChI is InChI=1S/C13H18FN3O/c1-9-6-7-17(8-11(9)15)13(18)16-12-5-3-2-4-10(12)14/h2-5,9,11H,6-8,15H2,1H3,(H,16,18). The number of amides is 2. The molecule has 98 valence electrons. The van der Waals surface area contributed by atoms with Crippen molar-refractivity contribution >= 4 is 11.7 Å².